The largest absolute Gasteiger partial charge is 0.463 e. The number of amides is 3. The third-order valence-corrected chi connectivity index (χ3v) is 7.96. The van der Waals surface area contributed by atoms with Crippen LogP contribution in [-0.2, 0) is 34.0 Å². The summed E-state index contributed by atoms with van der Waals surface area (Å²) in [6.45, 7) is 1.19. The van der Waals surface area contributed by atoms with Gasteiger partial charge in [0, 0.05) is 18.7 Å². The van der Waals surface area contributed by atoms with Crippen molar-refractivity contribution >= 4 is 33.7 Å². The molecule has 2 atom stereocenters. The maximum atomic E-state index is 13.6. The number of benzene rings is 2. The van der Waals surface area contributed by atoms with E-state index >= 15 is 0 Å². The average molecular weight is 585 g/mol. The highest BCUT2D eigenvalue weighted by atomic mass is 32.2. The van der Waals surface area contributed by atoms with Gasteiger partial charge in [-0.15, -0.1) is 0 Å². The number of ether oxygens (including phenoxy) is 1. The molecular formula is C28H32N4O8S. The highest BCUT2D eigenvalue weighted by Gasteiger charge is 2.36. The van der Waals surface area contributed by atoms with Crippen LogP contribution < -0.4 is 10.0 Å². The summed E-state index contributed by atoms with van der Waals surface area (Å²) in [6, 6.07) is 14.6. The number of hydrogen-bond donors (Lipinski definition) is 2. The Labute approximate surface area is 238 Å². The minimum absolute atomic E-state index is 0.0271. The summed E-state index contributed by atoms with van der Waals surface area (Å²) in [5, 5.41) is 3.79. The molecule has 2 unspecified atom stereocenters. The predicted octanol–water partition coefficient (Wildman–Crippen LogP) is 1.02. The Balaban J connectivity index is 1.54. The number of sulfonamides is 1. The Kier molecular flexibility index (Phi) is 9.86. The summed E-state index contributed by atoms with van der Waals surface area (Å²) in [5.41, 5.74) is 0.893. The van der Waals surface area contributed by atoms with Crippen molar-refractivity contribution < 1.29 is 37.2 Å². The molecule has 1 fully saturated rings. The fraction of sp³-hybridized carbons (Fsp3) is 0.357. The summed E-state index contributed by atoms with van der Waals surface area (Å²) >= 11 is 0. The fourth-order valence-electron chi connectivity index (χ4n) is 4.48. The standard InChI is InChI=1S/C28H32N4O8S/c1-2-40-32(22-15-26(34)39-19-22)25(33)18-31-17-20(16-29-41(37,38)23-11-7-4-8-12-23)13-14-24(28(31)36)30-27(35)21-9-5-3-6-10-21/h3-13,22,24,29H,2,14-19H2,1H3,(H,30,35). The summed E-state index contributed by atoms with van der Waals surface area (Å²) in [4.78, 5) is 58.3. The molecule has 1 saturated heterocycles. The molecule has 0 bridgehead atoms. The van der Waals surface area contributed by atoms with Crippen LogP contribution >= 0.6 is 0 Å². The van der Waals surface area contributed by atoms with Crippen molar-refractivity contribution in [1.29, 1.82) is 0 Å². The monoisotopic (exact) mass is 584 g/mol. The second-order valence-electron chi connectivity index (χ2n) is 9.50. The van der Waals surface area contributed by atoms with Gasteiger partial charge < -0.3 is 15.0 Å². The van der Waals surface area contributed by atoms with Crippen molar-refractivity contribution in [2.24, 2.45) is 0 Å². The summed E-state index contributed by atoms with van der Waals surface area (Å²) in [7, 11) is -3.84. The Morgan fingerprint density at radius 1 is 1.07 bits per heavy atom. The molecule has 13 heteroatoms. The van der Waals surface area contributed by atoms with E-state index in [4.69, 9.17) is 9.57 Å². The molecule has 12 nitrogen and oxygen atoms in total. The van der Waals surface area contributed by atoms with Gasteiger partial charge in [-0.05, 0) is 43.2 Å². The van der Waals surface area contributed by atoms with Crippen LogP contribution in [0.1, 0.15) is 30.1 Å². The Hall–Kier alpha value is -4.07. The number of cyclic esters (lactones) is 1. The van der Waals surface area contributed by atoms with Crippen LogP contribution in [0.25, 0.3) is 0 Å². The Morgan fingerprint density at radius 3 is 2.39 bits per heavy atom. The van der Waals surface area contributed by atoms with E-state index in [1.165, 1.54) is 17.0 Å². The van der Waals surface area contributed by atoms with Crippen LogP contribution in [0.4, 0.5) is 0 Å². The van der Waals surface area contributed by atoms with Gasteiger partial charge >= 0.3 is 5.97 Å². The number of esters is 1. The normalized spacial score (nSPS) is 19.2. The molecule has 0 spiro atoms. The van der Waals surface area contributed by atoms with Gasteiger partial charge in [0.05, 0.1) is 17.9 Å². The molecule has 0 aromatic heterocycles. The summed E-state index contributed by atoms with van der Waals surface area (Å²) in [6.07, 6.45) is 1.74. The Bertz CT molecular complexity index is 1400. The molecule has 2 aromatic rings. The number of nitrogens with one attached hydrogen (secondary N) is 2. The van der Waals surface area contributed by atoms with Crippen LogP contribution in [0.15, 0.2) is 77.2 Å². The van der Waals surface area contributed by atoms with E-state index in [1.54, 1.807) is 61.5 Å². The summed E-state index contributed by atoms with van der Waals surface area (Å²) < 4.78 is 33.1. The number of nitrogens with zero attached hydrogens (tertiary/aromatic N) is 2. The minimum Gasteiger partial charge on any atom is -0.463 e. The number of carbonyl (C=O) groups excluding carboxylic acids is 4. The van der Waals surface area contributed by atoms with Gasteiger partial charge in [0.2, 0.25) is 15.9 Å². The first-order valence-electron chi connectivity index (χ1n) is 13.2. The number of hydroxylamine groups is 2. The first kappa shape index (κ1) is 29.9. The molecule has 2 aliphatic heterocycles. The van der Waals surface area contributed by atoms with Gasteiger partial charge in [-0.3, -0.25) is 24.0 Å². The van der Waals surface area contributed by atoms with Crippen LogP contribution in [0.2, 0.25) is 0 Å². The lowest BCUT2D eigenvalue weighted by molar-refractivity contribution is -0.199. The van der Waals surface area contributed by atoms with Gasteiger partial charge in [0.1, 0.15) is 25.2 Å². The predicted molar refractivity (Wildman–Crippen MR) is 146 cm³/mol. The molecule has 0 radical (unpaired) electrons. The summed E-state index contributed by atoms with van der Waals surface area (Å²) in [5.74, 6) is -2.02. The van der Waals surface area contributed by atoms with E-state index in [0.29, 0.717) is 11.1 Å². The SMILES string of the molecule is CCON(C(=O)CN1CC(CNS(=O)(=O)c2ccccc2)=CCC(NC(=O)c2ccccc2)C1=O)C1COC(=O)C1. The lowest BCUT2D eigenvalue weighted by atomic mass is 10.1. The smallest absolute Gasteiger partial charge is 0.308 e. The van der Waals surface area contributed by atoms with E-state index in [1.807, 2.05) is 0 Å². The van der Waals surface area contributed by atoms with Crippen molar-refractivity contribution in [1.82, 2.24) is 20.0 Å². The molecule has 2 aliphatic rings. The van der Waals surface area contributed by atoms with Crippen molar-refractivity contribution in [2.45, 2.75) is 36.7 Å². The molecule has 0 aliphatic carbocycles. The molecular weight excluding hydrogens is 552 g/mol. The van der Waals surface area contributed by atoms with Gasteiger partial charge in [-0.2, -0.15) is 0 Å². The molecule has 0 saturated carbocycles. The van der Waals surface area contributed by atoms with Crippen molar-refractivity contribution in [3.63, 3.8) is 0 Å². The fourth-order valence-corrected chi connectivity index (χ4v) is 5.54. The zero-order chi connectivity index (χ0) is 29.4. The van der Waals surface area contributed by atoms with E-state index in [0.717, 1.165) is 5.06 Å². The van der Waals surface area contributed by atoms with E-state index in [9.17, 15) is 27.6 Å². The zero-order valence-corrected chi connectivity index (χ0v) is 23.3. The minimum atomic E-state index is -3.84. The first-order valence-corrected chi connectivity index (χ1v) is 14.6. The third-order valence-electron chi connectivity index (χ3n) is 6.54. The molecule has 218 valence electrons. The van der Waals surface area contributed by atoms with Crippen molar-refractivity contribution in [3.05, 3.63) is 77.9 Å². The van der Waals surface area contributed by atoms with Crippen LogP contribution in [0.5, 0.6) is 0 Å². The number of hydrogen-bond acceptors (Lipinski definition) is 8. The van der Waals surface area contributed by atoms with Gasteiger partial charge in [-0.1, -0.05) is 42.5 Å². The van der Waals surface area contributed by atoms with Crippen LogP contribution in [-0.4, -0.2) is 87.0 Å². The van der Waals surface area contributed by atoms with Crippen LogP contribution in [0, 0.1) is 0 Å². The van der Waals surface area contributed by atoms with Gasteiger partial charge in [0.15, 0.2) is 0 Å². The number of rotatable bonds is 11. The van der Waals surface area contributed by atoms with Crippen molar-refractivity contribution in [2.75, 3.05) is 32.8 Å². The molecule has 2 N–H and O–H groups in total. The lowest BCUT2D eigenvalue weighted by Gasteiger charge is -2.30. The van der Waals surface area contributed by atoms with Gasteiger partial charge in [0.25, 0.3) is 11.8 Å². The van der Waals surface area contributed by atoms with Crippen LogP contribution in [0.3, 0.4) is 0 Å². The second-order valence-corrected chi connectivity index (χ2v) is 11.3. The topological polar surface area (TPSA) is 151 Å². The maximum Gasteiger partial charge on any atom is 0.308 e. The Morgan fingerprint density at radius 2 is 1.76 bits per heavy atom. The molecule has 2 aromatic carbocycles. The molecule has 41 heavy (non-hydrogen) atoms. The molecule has 2 heterocycles. The van der Waals surface area contributed by atoms with E-state index in [2.05, 4.69) is 10.0 Å². The van der Waals surface area contributed by atoms with E-state index < -0.39 is 52.3 Å². The second kappa shape index (κ2) is 13.5. The zero-order valence-electron chi connectivity index (χ0n) is 22.5. The highest BCUT2D eigenvalue weighted by molar-refractivity contribution is 7.89. The molecule has 3 amide bonds. The maximum absolute atomic E-state index is 13.6. The van der Waals surface area contributed by atoms with Crippen molar-refractivity contribution in [3.8, 4) is 0 Å². The van der Waals surface area contributed by atoms with Gasteiger partial charge in [-0.25, -0.2) is 18.2 Å². The molecule has 4 rings (SSSR count). The highest BCUT2D eigenvalue weighted by Crippen LogP contribution is 2.18. The quantitative estimate of drug-likeness (QED) is 0.226. The first-order chi connectivity index (χ1) is 19.7. The van der Waals surface area contributed by atoms with E-state index in [-0.39, 0.29) is 44.0 Å². The number of carbonyl (C=O) groups is 4. The lowest BCUT2D eigenvalue weighted by Crippen LogP contribution is -2.52. The average Bonchev–Trinajstić information content (AvgIpc) is 3.35. The third kappa shape index (κ3) is 7.78.